The van der Waals surface area contributed by atoms with Crippen LogP contribution in [0.5, 0.6) is 0 Å². The van der Waals surface area contributed by atoms with Crippen LogP contribution in [0.4, 0.5) is 29.3 Å². The third-order valence-electron chi connectivity index (χ3n) is 4.93. The second-order valence-corrected chi connectivity index (χ2v) is 9.29. The molecule has 0 aromatic heterocycles. The molecule has 2 unspecified atom stereocenters. The minimum atomic E-state index is -4.58. The van der Waals surface area contributed by atoms with Crippen molar-refractivity contribution in [2.24, 2.45) is 0 Å². The summed E-state index contributed by atoms with van der Waals surface area (Å²) in [7, 11) is -3.46. The van der Waals surface area contributed by atoms with Gasteiger partial charge in [0.25, 0.3) is 0 Å². The molecule has 10 heteroatoms. The van der Waals surface area contributed by atoms with Gasteiger partial charge in [0.15, 0.2) is 9.84 Å². The molecule has 2 fully saturated rings. The molecule has 4 rings (SSSR count). The van der Waals surface area contributed by atoms with E-state index in [0.717, 1.165) is 17.0 Å². The molecule has 5 nitrogen and oxygen atoms in total. The standard InChI is InChI=1S/C18H14ClF3N2O3S/c19-13-6-1-2-7-14(13)24-16-10-28(26,27)9-15(16)23(17(24)25)12-5-3-4-11(8-12)18(20,21)22/h1-8,15-16H,9-10H2. The predicted molar refractivity (Wildman–Crippen MR) is 99.5 cm³/mol. The van der Waals surface area contributed by atoms with Gasteiger partial charge in [-0.1, -0.05) is 29.8 Å². The maximum atomic E-state index is 13.2. The quantitative estimate of drug-likeness (QED) is 0.677. The molecule has 0 bridgehead atoms. The van der Waals surface area contributed by atoms with Crippen LogP contribution in [-0.4, -0.2) is 38.0 Å². The van der Waals surface area contributed by atoms with E-state index < -0.39 is 39.7 Å². The van der Waals surface area contributed by atoms with Crippen molar-refractivity contribution in [3.8, 4) is 0 Å². The molecule has 0 radical (unpaired) electrons. The molecule has 0 spiro atoms. The number of benzene rings is 2. The number of sulfone groups is 1. The Hall–Kier alpha value is -2.26. The zero-order valence-corrected chi connectivity index (χ0v) is 15.8. The highest BCUT2D eigenvalue weighted by molar-refractivity contribution is 7.91. The first-order valence-electron chi connectivity index (χ1n) is 8.33. The summed E-state index contributed by atoms with van der Waals surface area (Å²) in [5, 5.41) is 0.254. The van der Waals surface area contributed by atoms with Crippen molar-refractivity contribution >= 4 is 38.8 Å². The molecule has 2 aromatic carbocycles. The van der Waals surface area contributed by atoms with Gasteiger partial charge >= 0.3 is 12.2 Å². The fourth-order valence-electron chi connectivity index (χ4n) is 3.77. The topological polar surface area (TPSA) is 57.7 Å². The molecule has 2 aliphatic heterocycles. The molecule has 2 aliphatic rings. The molecule has 148 valence electrons. The van der Waals surface area contributed by atoms with Crippen molar-refractivity contribution in [3.63, 3.8) is 0 Å². The fraction of sp³-hybridized carbons (Fsp3) is 0.278. The molecule has 28 heavy (non-hydrogen) atoms. The molecule has 0 saturated carbocycles. The van der Waals surface area contributed by atoms with Gasteiger partial charge in [-0.05, 0) is 30.3 Å². The lowest BCUT2D eigenvalue weighted by molar-refractivity contribution is -0.137. The number of carbonyl (C=O) groups excluding carboxylic acids is 1. The van der Waals surface area contributed by atoms with Crippen molar-refractivity contribution in [3.05, 3.63) is 59.1 Å². The lowest BCUT2D eigenvalue weighted by Gasteiger charge is -2.24. The minimum Gasteiger partial charge on any atom is -0.288 e. The number of hydrogen-bond acceptors (Lipinski definition) is 3. The monoisotopic (exact) mass is 430 g/mol. The summed E-state index contributed by atoms with van der Waals surface area (Å²) in [5.41, 5.74) is -0.580. The number of anilines is 2. The normalized spacial score (nSPS) is 23.9. The van der Waals surface area contributed by atoms with Crippen molar-refractivity contribution in [1.82, 2.24) is 0 Å². The Morgan fingerprint density at radius 1 is 0.964 bits per heavy atom. The smallest absolute Gasteiger partial charge is 0.288 e. The Morgan fingerprint density at radius 2 is 1.61 bits per heavy atom. The van der Waals surface area contributed by atoms with Gasteiger partial charge in [0.1, 0.15) is 0 Å². The first kappa shape index (κ1) is 19.1. The van der Waals surface area contributed by atoms with Gasteiger partial charge in [0, 0.05) is 5.69 Å². The van der Waals surface area contributed by atoms with Crippen molar-refractivity contribution in [1.29, 1.82) is 0 Å². The van der Waals surface area contributed by atoms with Crippen molar-refractivity contribution in [2.75, 3.05) is 21.3 Å². The zero-order valence-electron chi connectivity index (χ0n) is 14.2. The Labute approximate surface area is 164 Å². The molecule has 2 atom stereocenters. The minimum absolute atomic E-state index is 0.00137. The number of alkyl halides is 3. The Bertz CT molecular complexity index is 1060. The first-order valence-corrected chi connectivity index (χ1v) is 10.5. The third kappa shape index (κ3) is 3.12. The summed E-state index contributed by atoms with van der Waals surface area (Å²) in [6, 6.07) is 8.66. The van der Waals surface area contributed by atoms with Gasteiger partial charge in [-0.2, -0.15) is 13.2 Å². The highest BCUT2D eigenvalue weighted by Gasteiger charge is 2.55. The molecular weight excluding hydrogens is 417 g/mol. The van der Waals surface area contributed by atoms with Crippen molar-refractivity contribution in [2.45, 2.75) is 18.3 Å². The van der Waals surface area contributed by atoms with Crippen LogP contribution in [0.1, 0.15) is 5.56 Å². The van der Waals surface area contributed by atoms with Crippen LogP contribution in [0, 0.1) is 0 Å². The number of nitrogens with zero attached hydrogens (tertiary/aromatic N) is 2. The van der Waals surface area contributed by atoms with Gasteiger partial charge < -0.3 is 0 Å². The summed E-state index contributed by atoms with van der Waals surface area (Å²) in [5.74, 6) is -0.593. The van der Waals surface area contributed by atoms with Gasteiger partial charge in [0.2, 0.25) is 0 Å². The molecule has 0 aliphatic carbocycles. The van der Waals surface area contributed by atoms with E-state index in [2.05, 4.69) is 0 Å². The van der Waals surface area contributed by atoms with Crippen LogP contribution in [0.3, 0.4) is 0 Å². The van der Waals surface area contributed by atoms with Crippen molar-refractivity contribution < 1.29 is 26.4 Å². The van der Waals surface area contributed by atoms with Crippen LogP contribution in [0.15, 0.2) is 48.5 Å². The molecule has 2 saturated heterocycles. The molecule has 2 amide bonds. The van der Waals surface area contributed by atoms with Gasteiger partial charge in [-0.25, -0.2) is 13.2 Å². The van der Waals surface area contributed by atoms with Crippen LogP contribution in [-0.2, 0) is 16.0 Å². The summed E-state index contributed by atoms with van der Waals surface area (Å²) >= 11 is 6.20. The maximum absolute atomic E-state index is 13.2. The van der Waals surface area contributed by atoms with E-state index >= 15 is 0 Å². The van der Waals surface area contributed by atoms with Gasteiger partial charge in [0.05, 0.1) is 39.9 Å². The summed E-state index contributed by atoms with van der Waals surface area (Å²) in [6.07, 6.45) is -4.58. The molecule has 2 heterocycles. The van der Waals surface area contributed by atoms with E-state index in [4.69, 9.17) is 11.6 Å². The number of urea groups is 1. The molecule has 2 aromatic rings. The van der Waals surface area contributed by atoms with E-state index in [9.17, 15) is 26.4 Å². The Balaban J connectivity index is 1.83. The number of halogens is 4. The zero-order chi connectivity index (χ0) is 20.3. The largest absolute Gasteiger partial charge is 0.416 e. The maximum Gasteiger partial charge on any atom is 0.416 e. The highest BCUT2D eigenvalue weighted by Crippen LogP contribution is 2.41. The average Bonchev–Trinajstić information content (AvgIpc) is 3.04. The van der Waals surface area contributed by atoms with Crippen LogP contribution in [0.25, 0.3) is 0 Å². The highest BCUT2D eigenvalue weighted by atomic mass is 35.5. The SMILES string of the molecule is O=C1N(c2cccc(C(F)(F)F)c2)C2CS(=O)(=O)CC2N1c1ccccc1Cl. The second-order valence-electron chi connectivity index (χ2n) is 6.73. The van der Waals surface area contributed by atoms with E-state index in [1.807, 2.05) is 0 Å². The summed E-state index contributed by atoms with van der Waals surface area (Å²) in [6.45, 7) is 0. The van der Waals surface area contributed by atoms with Gasteiger partial charge in [-0.3, -0.25) is 9.80 Å². The van der Waals surface area contributed by atoms with Crippen LogP contribution < -0.4 is 9.80 Å². The summed E-state index contributed by atoms with van der Waals surface area (Å²) < 4.78 is 63.8. The predicted octanol–water partition coefficient (Wildman–Crippen LogP) is 3.97. The second kappa shape index (κ2) is 6.38. The number of hydrogen-bond donors (Lipinski definition) is 0. The van der Waals surface area contributed by atoms with E-state index in [-0.39, 0.29) is 22.2 Å². The lowest BCUT2D eigenvalue weighted by Crippen LogP contribution is -2.38. The number of para-hydroxylation sites is 1. The van der Waals surface area contributed by atoms with Gasteiger partial charge in [-0.15, -0.1) is 0 Å². The first-order chi connectivity index (χ1) is 13.1. The lowest BCUT2D eigenvalue weighted by atomic mass is 10.1. The van der Waals surface area contributed by atoms with E-state index in [1.165, 1.54) is 17.0 Å². The Morgan fingerprint density at radius 3 is 2.25 bits per heavy atom. The third-order valence-corrected chi connectivity index (χ3v) is 6.95. The van der Waals surface area contributed by atoms with E-state index in [1.54, 1.807) is 24.3 Å². The summed E-state index contributed by atoms with van der Waals surface area (Å²) in [4.78, 5) is 15.6. The number of rotatable bonds is 2. The number of carbonyl (C=O) groups is 1. The molecular formula is C18H14ClF3N2O3S. The van der Waals surface area contributed by atoms with Crippen LogP contribution in [0.2, 0.25) is 5.02 Å². The molecule has 0 N–H and O–H groups in total. The Kier molecular flexibility index (Phi) is 4.35. The average molecular weight is 431 g/mol. The number of fused-ring (bicyclic) bond motifs is 1. The fourth-order valence-corrected chi connectivity index (χ4v) is 5.91. The number of amides is 2. The van der Waals surface area contributed by atoms with E-state index in [0.29, 0.717) is 5.69 Å². The van der Waals surface area contributed by atoms with Crippen LogP contribution >= 0.6 is 11.6 Å².